The molecule has 0 bridgehead atoms. The molecule has 3 aromatic rings. The molecule has 0 aliphatic heterocycles. The van der Waals surface area contributed by atoms with Crippen LogP contribution in [-0.4, -0.2) is 19.0 Å². The number of furan rings is 1. The van der Waals surface area contributed by atoms with E-state index in [4.69, 9.17) is 20.6 Å². The fraction of sp³-hybridized carbons (Fsp3) is 0.0588. The lowest BCUT2D eigenvalue weighted by atomic mass is 10.0. The lowest BCUT2D eigenvalue weighted by molar-refractivity contribution is 0.410. The van der Waals surface area contributed by atoms with Crippen molar-refractivity contribution in [3.8, 4) is 34.1 Å². The largest absolute Gasteiger partial charge is 0.502 e. The van der Waals surface area contributed by atoms with Crippen LogP contribution in [0.5, 0.6) is 11.5 Å². The summed E-state index contributed by atoms with van der Waals surface area (Å²) in [6.45, 7) is 0.0798. The molecule has 0 saturated heterocycles. The number of halogens is 1. The lowest BCUT2D eigenvalue weighted by Gasteiger charge is -2.07. The van der Waals surface area contributed by atoms with Crippen molar-refractivity contribution in [3.63, 3.8) is 0 Å². The summed E-state index contributed by atoms with van der Waals surface area (Å²) in [6.07, 6.45) is 0. The van der Waals surface area contributed by atoms with Crippen molar-refractivity contribution < 1.29 is 23.4 Å². The maximum atomic E-state index is 10.8. The van der Waals surface area contributed by atoms with Gasteiger partial charge < -0.3 is 14.6 Å². The first-order valence-corrected chi connectivity index (χ1v) is 8.69. The molecule has 0 fully saturated rings. The number of rotatable bonds is 5. The molecule has 3 rings (SSSR count). The van der Waals surface area contributed by atoms with Crippen LogP contribution in [0.4, 0.5) is 0 Å². The van der Waals surface area contributed by atoms with Crippen LogP contribution < -0.4 is 4.72 Å². The molecule has 6 nitrogen and oxygen atoms in total. The van der Waals surface area contributed by atoms with E-state index in [0.717, 1.165) is 0 Å². The van der Waals surface area contributed by atoms with Crippen LogP contribution >= 0.6 is 11.6 Å². The van der Waals surface area contributed by atoms with E-state index in [9.17, 15) is 14.4 Å². The molecule has 0 saturated carbocycles. The second kappa shape index (κ2) is 7.28. The smallest absolute Gasteiger partial charge is 0.232 e. The Labute approximate surface area is 151 Å². The molecule has 1 aromatic heterocycles. The molecular formula is C17H14ClNO5S. The Balaban J connectivity index is 2.06. The van der Waals surface area contributed by atoms with Crippen LogP contribution in [-0.2, 0) is 17.8 Å². The summed E-state index contributed by atoms with van der Waals surface area (Å²) in [5.74, 6) is -0.602. The number of aromatic hydroxyl groups is 2. The van der Waals surface area contributed by atoms with Gasteiger partial charge in [-0.05, 0) is 29.8 Å². The van der Waals surface area contributed by atoms with Crippen LogP contribution in [0.3, 0.4) is 0 Å². The average Bonchev–Trinajstić information content (AvgIpc) is 2.89. The molecule has 4 N–H and O–H groups in total. The zero-order chi connectivity index (χ0) is 18.0. The Morgan fingerprint density at radius 1 is 1.00 bits per heavy atom. The molecule has 0 aliphatic rings. The Kier molecular flexibility index (Phi) is 5.10. The van der Waals surface area contributed by atoms with E-state index >= 15 is 0 Å². The van der Waals surface area contributed by atoms with Crippen LogP contribution in [0.15, 0.2) is 52.9 Å². The number of hydrogen-bond donors (Lipinski definition) is 4. The lowest BCUT2D eigenvalue weighted by Crippen LogP contribution is -2.15. The van der Waals surface area contributed by atoms with Crippen molar-refractivity contribution in [2.24, 2.45) is 0 Å². The van der Waals surface area contributed by atoms with Crippen LogP contribution in [0.25, 0.3) is 22.6 Å². The maximum Gasteiger partial charge on any atom is 0.232 e. The molecular weight excluding hydrogens is 366 g/mol. The summed E-state index contributed by atoms with van der Waals surface area (Å²) in [5.41, 5.74) is 1.67. The number of benzene rings is 2. The maximum absolute atomic E-state index is 10.8. The predicted octanol–water partition coefficient (Wildman–Crippen LogP) is 3.90. The second-order valence-electron chi connectivity index (χ2n) is 5.19. The van der Waals surface area contributed by atoms with Crippen LogP contribution in [0.2, 0.25) is 5.02 Å². The minimum Gasteiger partial charge on any atom is -0.502 e. The van der Waals surface area contributed by atoms with Crippen molar-refractivity contribution in [3.05, 3.63) is 59.1 Å². The Morgan fingerprint density at radius 3 is 2.32 bits per heavy atom. The van der Waals surface area contributed by atoms with Gasteiger partial charge in [-0.2, -0.15) is 0 Å². The van der Waals surface area contributed by atoms with Gasteiger partial charge in [0, 0.05) is 22.7 Å². The molecule has 0 aliphatic carbocycles. The molecule has 1 atom stereocenters. The second-order valence-corrected chi connectivity index (χ2v) is 6.42. The van der Waals surface area contributed by atoms with Crippen molar-refractivity contribution in [1.82, 2.24) is 4.72 Å². The van der Waals surface area contributed by atoms with Gasteiger partial charge in [-0.15, -0.1) is 0 Å². The summed E-state index contributed by atoms with van der Waals surface area (Å²) in [6, 6.07) is 13.5. The van der Waals surface area contributed by atoms with Gasteiger partial charge in [0.15, 0.2) is 11.5 Å². The summed E-state index contributed by atoms with van der Waals surface area (Å²) < 4.78 is 27.8. The van der Waals surface area contributed by atoms with E-state index in [2.05, 4.69) is 4.72 Å². The third-order valence-electron chi connectivity index (χ3n) is 3.61. The van der Waals surface area contributed by atoms with E-state index < -0.39 is 17.0 Å². The Bertz CT molecular complexity index is 923. The van der Waals surface area contributed by atoms with Crippen molar-refractivity contribution >= 4 is 22.9 Å². The van der Waals surface area contributed by atoms with Gasteiger partial charge in [0.2, 0.25) is 22.8 Å². The molecule has 0 amide bonds. The SMILES string of the molecule is O=S(O)NCc1ccccc1-c1oc(-c2ccc(Cl)cc2)c(O)c1O. The normalized spacial score (nSPS) is 12.2. The molecule has 8 heteroatoms. The topological polar surface area (TPSA) is 103 Å². The van der Waals surface area contributed by atoms with Crippen LogP contribution in [0, 0.1) is 0 Å². The van der Waals surface area contributed by atoms with Gasteiger partial charge in [0.25, 0.3) is 0 Å². The van der Waals surface area contributed by atoms with E-state index in [1.54, 1.807) is 48.5 Å². The first kappa shape index (κ1) is 17.5. The van der Waals surface area contributed by atoms with Gasteiger partial charge in [0.1, 0.15) is 0 Å². The van der Waals surface area contributed by atoms with Crippen molar-refractivity contribution in [2.75, 3.05) is 0 Å². The van der Waals surface area contributed by atoms with E-state index in [1.165, 1.54) is 0 Å². The zero-order valence-electron chi connectivity index (χ0n) is 12.8. The monoisotopic (exact) mass is 379 g/mol. The van der Waals surface area contributed by atoms with Crippen LogP contribution in [0.1, 0.15) is 5.56 Å². The minimum atomic E-state index is -2.17. The van der Waals surface area contributed by atoms with Crippen molar-refractivity contribution in [1.29, 1.82) is 0 Å². The molecule has 1 unspecified atom stereocenters. The highest BCUT2D eigenvalue weighted by Crippen LogP contribution is 2.47. The number of nitrogens with one attached hydrogen (secondary N) is 1. The Hall–Kier alpha value is -2.32. The van der Waals surface area contributed by atoms with Gasteiger partial charge >= 0.3 is 0 Å². The van der Waals surface area contributed by atoms with Gasteiger partial charge in [-0.1, -0.05) is 35.9 Å². The molecule has 25 heavy (non-hydrogen) atoms. The van der Waals surface area contributed by atoms with Crippen molar-refractivity contribution in [2.45, 2.75) is 6.54 Å². The highest BCUT2D eigenvalue weighted by molar-refractivity contribution is 7.77. The van der Waals surface area contributed by atoms with E-state index in [1.807, 2.05) is 0 Å². The summed E-state index contributed by atoms with van der Waals surface area (Å²) in [5, 5.41) is 21.1. The standard InChI is InChI=1S/C17H14ClNO5S/c18-12-7-5-10(6-8-12)16-14(20)15(21)17(24-16)13-4-2-1-3-11(13)9-19-25(22)23/h1-8,19-21H,9H2,(H,22,23). The van der Waals surface area contributed by atoms with Gasteiger partial charge in [0.05, 0.1) is 0 Å². The average molecular weight is 380 g/mol. The third-order valence-corrected chi connectivity index (χ3v) is 4.26. The zero-order valence-corrected chi connectivity index (χ0v) is 14.3. The quantitative estimate of drug-likeness (QED) is 0.503. The van der Waals surface area contributed by atoms with E-state index in [0.29, 0.717) is 21.7 Å². The minimum absolute atomic E-state index is 0.0728. The van der Waals surface area contributed by atoms with Gasteiger partial charge in [-0.3, -0.25) is 4.55 Å². The summed E-state index contributed by atoms with van der Waals surface area (Å²) >= 11 is 3.69. The molecule has 2 aromatic carbocycles. The fourth-order valence-electron chi connectivity index (χ4n) is 2.43. The summed E-state index contributed by atoms with van der Waals surface area (Å²) in [7, 11) is 0. The summed E-state index contributed by atoms with van der Waals surface area (Å²) in [4.78, 5) is 0. The highest BCUT2D eigenvalue weighted by atomic mass is 35.5. The molecule has 1 heterocycles. The molecule has 0 radical (unpaired) electrons. The predicted molar refractivity (Wildman–Crippen MR) is 95.5 cm³/mol. The third kappa shape index (κ3) is 3.69. The first-order valence-electron chi connectivity index (χ1n) is 7.20. The Morgan fingerprint density at radius 2 is 1.64 bits per heavy atom. The molecule has 0 spiro atoms. The number of hydrogen-bond acceptors (Lipinski definition) is 4. The fourth-order valence-corrected chi connectivity index (χ4v) is 2.83. The van der Waals surface area contributed by atoms with E-state index in [-0.39, 0.29) is 23.8 Å². The van der Waals surface area contributed by atoms with Gasteiger partial charge in [-0.25, -0.2) is 8.93 Å². The molecule has 130 valence electrons. The first-order chi connectivity index (χ1) is 12.0. The highest BCUT2D eigenvalue weighted by Gasteiger charge is 2.23.